The maximum absolute atomic E-state index is 14.7. The average molecular weight is 425 g/mol. The summed E-state index contributed by atoms with van der Waals surface area (Å²) < 4.78 is 20.9. The van der Waals surface area contributed by atoms with Gasteiger partial charge in [0.15, 0.2) is 5.69 Å². The molecular weight excluding hydrogens is 403 g/mol. The highest BCUT2D eigenvalue weighted by Crippen LogP contribution is 2.43. The maximum atomic E-state index is 14.7. The number of unbranched alkanes of at least 4 members (excludes halogenated alkanes) is 1. The van der Waals surface area contributed by atoms with Crippen LogP contribution in [0.2, 0.25) is 0 Å². The average Bonchev–Trinajstić information content (AvgIpc) is 2.88. The minimum Gasteiger partial charge on any atom is -0.447 e. The number of amides is 1. The first-order chi connectivity index (χ1) is 14.6. The van der Waals surface area contributed by atoms with Crippen LogP contribution >= 0.6 is 11.8 Å². The molecule has 3 aromatic rings. The lowest BCUT2D eigenvalue weighted by atomic mass is 10.1. The molecule has 8 heteroatoms. The van der Waals surface area contributed by atoms with E-state index in [4.69, 9.17) is 4.74 Å². The van der Waals surface area contributed by atoms with E-state index < -0.39 is 12.0 Å². The molecule has 0 bridgehead atoms. The third kappa shape index (κ3) is 3.87. The number of thioether (sulfide) groups is 1. The molecule has 0 N–H and O–H groups in total. The first kappa shape index (κ1) is 20.3. The second-order valence-electron chi connectivity index (χ2n) is 6.85. The molecule has 1 aliphatic rings. The van der Waals surface area contributed by atoms with Crippen LogP contribution in [0.25, 0.3) is 11.3 Å². The van der Waals surface area contributed by atoms with Crippen molar-refractivity contribution in [3.63, 3.8) is 0 Å². The Balaban J connectivity index is 1.87. The Kier molecular flexibility index (Phi) is 5.94. The third-order valence-electron chi connectivity index (χ3n) is 4.75. The first-order valence-corrected chi connectivity index (χ1v) is 10.8. The minimum absolute atomic E-state index is 0.230. The monoisotopic (exact) mass is 424 g/mol. The standard InChI is InChI=1S/C22H21FN4O2S/c1-3-4-13-30-22-24-20-19(25-26-22)16-10-6-8-12-18(16)27(14(2)28)21(29-20)15-9-5-7-11-17(15)23/h5-12,21H,3-4,13H2,1-2H3/t21-/m0/s1. The number of anilines is 1. The predicted octanol–water partition coefficient (Wildman–Crippen LogP) is 5.01. The Morgan fingerprint density at radius 1 is 1.17 bits per heavy atom. The van der Waals surface area contributed by atoms with Gasteiger partial charge in [0.25, 0.3) is 0 Å². The molecule has 4 rings (SSSR count). The molecule has 0 saturated heterocycles. The number of ether oxygens (including phenoxy) is 1. The number of fused-ring (bicyclic) bond motifs is 3. The van der Waals surface area contributed by atoms with Crippen molar-refractivity contribution in [2.75, 3.05) is 10.7 Å². The van der Waals surface area contributed by atoms with Crippen LogP contribution in [0.15, 0.2) is 53.7 Å². The molecule has 30 heavy (non-hydrogen) atoms. The molecular formula is C22H21FN4O2S. The number of hydrogen-bond donors (Lipinski definition) is 0. The number of hydrogen-bond acceptors (Lipinski definition) is 6. The van der Waals surface area contributed by atoms with Crippen molar-refractivity contribution in [1.29, 1.82) is 0 Å². The van der Waals surface area contributed by atoms with Crippen LogP contribution in [-0.4, -0.2) is 26.8 Å². The van der Waals surface area contributed by atoms with Crippen molar-refractivity contribution >= 4 is 23.4 Å². The lowest BCUT2D eigenvalue weighted by molar-refractivity contribution is -0.118. The van der Waals surface area contributed by atoms with Crippen molar-refractivity contribution in [3.8, 4) is 17.1 Å². The van der Waals surface area contributed by atoms with E-state index in [1.165, 1.54) is 29.7 Å². The molecule has 0 saturated carbocycles. The van der Waals surface area contributed by atoms with E-state index in [2.05, 4.69) is 22.1 Å². The summed E-state index contributed by atoms with van der Waals surface area (Å²) in [5.74, 6) is 0.348. The molecule has 2 heterocycles. The van der Waals surface area contributed by atoms with Crippen LogP contribution in [-0.2, 0) is 4.79 Å². The molecule has 6 nitrogen and oxygen atoms in total. The van der Waals surface area contributed by atoms with Gasteiger partial charge in [-0.25, -0.2) is 4.39 Å². The van der Waals surface area contributed by atoms with Crippen LogP contribution in [0.4, 0.5) is 10.1 Å². The van der Waals surface area contributed by atoms with E-state index in [9.17, 15) is 9.18 Å². The summed E-state index contributed by atoms with van der Waals surface area (Å²) in [6.45, 7) is 3.54. The largest absolute Gasteiger partial charge is 0.447 e. The normalized spacial score (nSPS) is 15.0. The van der Waals surface area contributed by atoms with Crippen molar-refractivity contribution in [3.05, 3.63) is 59.9 Å². The molecule has 0 spiro atoms. The molecule has 1 aromatic heterocycles. The molecule has 0 unspecified atom stereocenters. The lowest BCUT2D eigenvalue weighted by Crippen LogP contribution is -2.36. The Bertz CT molecular complexity index is 1080. The van der Waals surface area contributed by atoms with Gasteiger partial charge in [0.05, 0.1) is 5.69 Å². The fourth-order valence-electron chi connectivity index (χ4n) is 3.30. The summed E-state index contributed by atoms with van der Waals surface area (Å²) in [5, 5.41) is 9.08. The molecule has 154 valence electrons. The third-order valence-corrected chi connectivity index (χ3v) is 5.68. The Morgan fingerprint density at radius 2 is 1.93 bits per heavy atom. The van der Waals surface area contributed by atoms with Crippen LogP contribution in [0, 0.1) is 5.82 Å². The number of carbonyl (C=O) groups is 1. The minimum atomic E-state index is -1.02. The number of para-hydroxylation sites is 1. The fourth-order valence-corrected chi connectivity index (χ4v) is 4.16. The molecule has 2 aromatic carbocycles. The van der Waals surface area contributed by atoms with Crippen LogP contribution < -0.4 is 9.64 Å². The first-order valence-electron chi connectivity index (χ1n) is 9.78. The quantitative estimate of drug-likeness (QED) is 0.423. The van der Waals surface area contributed by atoms with E-state index in [0.717, 1.165) is 18.6 Å². The zero-order valence-corrected chi connectivity index (χ0v) is 17.5. The zero-order valence-electron chi connectivity index (χ0n) is 16.7. The number of nitrogens with zero attached hydrogens (tertiary/aromatic N) is 4. The van der Waals surface area contributed by atoms with Gasteiger partial charge in [-0.05, 0) is 18.6 Å². The van der Waals surface area contributed by atoms with Gasteiger partial charge in [-0.3, -0.25) is 9.69 Å². The lowest BCUT2D eigenvalue weighted by Gasteiger charge is -2.30. The number of rotatable bonds is 5. The van der Waals surface area contributed by atoms with Gasteiger partial charge in [0.1, 0.15) is 5.82 Å². The number of aromatic nitrogens is 3. The van der Waals surface area contributed by atoms with Crippen LogP contribution in [0.3, 0.4) is 0 Å². The van der Waals surface area contributed by atoms with Crippen LogP contribution in [0.1, 0.15) is 38.5 Å². The van der Waals surface area contributed by atoms with Crippen molar-refractivity contribution in [2.45, 2.75) is 38.1 Å². The van der Waals surface area contributed by atoms with Gasteiger partial charge in [0, 0.05) is 23.8 Å². The molecule has 1 aliphatic heterocycles. The van der Waals surface area contributed by atoms with E-state index in [1.54, 1.807) is 24.3 Å². The van der Waals surface area contributed by atoms with E-state index in [0.29, 0.717) is 22.1 Å². The van der Waals surface area contributed by atoms with Gasteiger partial charge >= 0.3 is 0 Å². The summed E-state index contributed by atoms with van der Waals surface area (Å²) in [6, 6.07) is 13.5. The molecule has 1 amide bonds. The smallest absolute Gasteiger partial charge is 0.247 e. The fraction of sp³-hybridized carbons (Fsp3) is 0.273. The molecule has 1 atom stereocenters. The Morgan fingerprint density at radius 3 is 2.70 bits per heavy atom. The number of halogens is 1. The van der Waals surface area contributed by atoms with Gasteiger partial charge in [-0.2, -0.15) is 4.98 Å². The summed E-state index contributed by atoms with van der Waals surface area (Å²) in [7, 11) is 0. The summed E-state index contributed by atoms with van der Waals surface area (Å²) in [6.07, 6.45) is 1.08. The number of benzene rings is 2. The molecule has 0 fully saturated rings. The van der Waals surface area contributed by atoms with Gasteiger partial charge in [0.2, 0.25) is 23.2 Å². The summed E-state index contributed by atoms with van der Waals surface area (Å²) in [5.41, 5.74) is 1.90. The maximum Gasteiger partial charge on any atom is 0.247 e. The van der Waals surface area contributed by atoms with Crippen LogP contribution in [0.5, 0.6) is 5.88 Å². The highest BCUT2D eigenvalue weighted by Gasteiger charge is 2.35. The van der Waals surface area contributed by atoms with E-state index in [1.807, 2.05) is 18.2 Å². The summed E-state index contributed by atoms with van der Waals surface area (Å²) in [4.78, 5) is 18.6. The molecule has 0 radical (unpaired) electrons. The Labute approximate surface area is 178 Å². The van der Waals surface area contributed by atoms with Crippen molar-refractivity contribution < 1.29 is 13.9 Å². The molecule has 0 aliphatic carbocycles. The van der Waals surface area contributed by atoms with Gasteiger partial charge in [-0.15, -0.1) is 10.2 Å². The van der Waals surface area contributed by atoms with Gasteiger partial charge in [-0.1, -0.05) is 61.5 Å². The second-order valence-corrected chi connectivity index (χ2v) is 7.91. The summed E-state index contributed by atoms with van der Waals surface area (Å²) >= 11 is 1.49. The zero-order chi connectivity index (χ0) is 21.1. The number of carbonyl (C=O) groups excluding carboxylic acids is 1. The van der Waals surface area contributed by atoms with Gasteiger partial charge < -0.3 is 4.74 Å². The van der Waals surface area contributed by atoms with E-state index >= 15 is 0 Å². The van der Waals surface area contributed by atoms with Crippen molar-refractivity contribution in [1.82, 2.24) is 15.2 Å². The highest BCUT2D eigenvalue weighted by atomic mass is 32.2. The topological polar surface area (TPSA) is 68.2 Å². The van der Waals surface area contributed by atoms with Crippen molar-refractivity contribution in [2.24, 2.45) is 0 Å². The van der Waals surface area contributed by atoms with E-state index in [-0.39, 0.29) is 17.4 Å². The highest BCUT2D eigenvalue weighted by molar-refractivity contribution is 7.99. The second kappa shape index (κ2) is 8.79. The predicted molar refractivity (Wildman–Crippen MR) is 114 cm³/mol. The Hall–Kier alpha value is -3.00. The SMILES string of the molecule is CCCCSc1nnc2c(n1)O[C@@H](c1ccccc1F)N(C(C)=O)c1ccccc1-2.